The predicted octanol–water partition coefficient (Wildman–Crippen LogP) is 3.74. The molecule has 40 heavy (non-hydrogen) atoms. The number of nitrogens with two attached hydrogens (primary N) is 1. The highest BCUT2D eigenvalue weighted by Gasteiger charge is 2.28. The van der Waals surface area contributed by atoms with Gasteiger partial charge in [0.1, 0.15) is 29.2 Å². The number of amides is 1. The van der Waals surface area contributed by atoms with Crippen molar-refractivity contribution in [3.8, 4) is 16.8 Å². The molecular weight excluding hydrogens is 513 g/mol. The van der Waals surface area contributed by atoms with E-state index < -0.39 is 23.4 Å². The lowest BCUT2D eigenvalue weighted by molar-refractivity contribution is 0.102. The molecule has 10 nitrogen and oxygen atoms in total. The molecule has 0 aliphatic carbocycles. The third-order valence-electron chi connectivity index (χ3n) is 7.17. The molecule has 0 saturated heterocycles. The summed E-state index contributed by atoms with van der Waals surface area (Å²) in [7, 11) is 0. The Balaban J connectivity index is 1.35. The van der Waals surface area contributed by atoms with Crippen molar-refractivity contribution in [3.63, 3.8) is 0 Å². The highest BCUT2D eigenvalue weighted by Crippen LogP contribution is 2.35. The molecule has 6 rings (SSSR count). The Morgan fingerprint density at radius 2 is 1.95 bits per heavy atom. The second kappa shape index (κ2) is 10.1. The van der Waals surface area contributed by atoms with Gasteiger partial charge in [-0.15, -0.1) is 0 Å². The molecule has 0 fully saturated rings. The van der Waals surface area contributed by atoms with Crippen LogP contribution in [0.2, 0.25) is 0 Å². The number of hydrogen-bond donors (Lipinski definition) is 3. The molecule has 0 unspecified atom stereocenters. The predicted molar refractivity (Wildman–Crippen MR) is 150 cm³/mol. The van der Waals surface area contributed by atoms with Crippen LogP contribution in [0.25, 0.3) is 27.8 Å². The Kier molecular flexibility index (Phi) is 6.43. The van der Waals surface area contributed by atoms with Crippen molar-refractivity contribution >= 4 is 28.4 Å². The first-order chi connectivity index (χ1) is 19.3. The van der Waals surface area contributed by atoms with Gasteiger partial charge in [0, 0.05) is 36.1 Å². The first-order valence-electron chi connectivity index (χ1n) is 13.1. The Bertz CT molecular complexity index is 1800. The van der Waals surface area contributed by atoms with Gasteiger partial charge >= 0.3 is 0 Å². The quantitative estimate of drug-likeness (QED) is 0.300. The maximum absolute atomic E-state index is 15.5. The molecule has 4 N–H and O–H groups in total. The lowest BCUT2D eigenvalue weighted by Gasteiger charge is -2.19. The smallest absolute Gasteiger partial charge is 0.284 e. The summed E-state index contributed by atoms with van der Waals surface area (Å²) in [4.78, 5) is 35.2. The number of aliphatic hydroxyl groups is 1. The highest BCUT2D eigenvalue weighted by molar-refractivity contribution is 6.05. The van der Waals surface area contributed by atoms with Crippen LogP contribution in [-0.4, -0.2) is 41.0 Å². The molecule has 3 aromatic heterocycles. The van der Waals surface area contributed by atoms with E-state index in [9.17, 15) is 14.7 Å². The summed E-state index contributed by atoms with van der Waals surface area (Å²) in [6.45, 7) is 2.52. The topological polar surface area (TPSA) is 133 Å². The fourth-order valence-corrected chi connectivity index (χ4v) is 5.47. The zero-order valence-electron chi connectivity index (χ0n) is 21.8. The number of hydrogen-bond acceptors (Lipinski definition) is 6. The zero-order valence-corrected chi connectivity index (χ0v) is 21.8. The van der Waals surface area contributed by atoms with Gasteiger partial charge in [0.05, 0.1) is 22.9 Å². The number of rotatable bonds is 6. The summed E-state index contributed by atoms with van der Waals surface area (Å²) in [5.74, 6) is -0.990. The number of carbonyl (C=O) groups excluding carboxylic acids is 1. The molecule has 4 heterocycles. The van der Waals surface area contributed by atoms with Crippen molar-refractivity contribution in [1.29, 1.82) is 0 Å². The van der Waals surface area contributed by atoms with E-state index in [1.165, 1.54) is 18.5 Å². The van der Waals surface area contributed by atoms with Gasteiger partial charge in [-0.05, 0) is 56.5 Å². The Morgan fingerprint density at radius 3 is 2.70 bits per heavy atom. The van der Waals surface area contributed by atoms with Crippen molar-refractivity contribution in [2.24, 2.45) is 0 Å². The number of fused-ring (bicyclic) bond motifs is 2. The van der Waals surface area contributed by atoms with Crippen molar-refractivity contribution in [1.82, 2.24) is 23.9 Å². The van der Waals surface area contributed by atoms with Crippen LogP contribution in [-0.2, 0) is 19.5 Å². The van der Waals surface area contributed by atoms with Crippen molar-refractivity contribution < 1.29 is 14.3 Å². The number of para-hydroxylation sites is 1. The van der Waals surface area contributed by atoms with Gasteiger partial charge in [0.25, 0.3) is 11.5 Å². The minimum atomic E-state index is -0.659. The zero-order chi connectivity index (χ0) is 28.0. The number of nitrogen functional groups attached to an aromatic ring is 1. The fourth-order valence-electron chi connectivity index (χ4n) is 5.47. The molecule has 0 radical (unpaired) electrons. The van der Waals surface area contributed by atoms with E-state index in [0.29, 0.717) is 40.9 Å². The van der Waals surface area contributed by atoms with Crippen LogP contribution in [0.15, 0.2) is 65.8 Å². The van der Waals surface area contributed by atoms with E-state index in [1.807, 2.05) is 35.0 Å². The average Bonchev–Trinajstić information content (AvgIpc) is 3.44. The van der Waals surface area contributed by atoms with E-state index in [1.54, 1.807) is 28.4 Å². The Hall–Kier alpha value is -4.77. The molecule has 0 spiro atoms. The van der Waals surface area contributed by atoms with Crippen LogP contribution in [0.3, 0.4) is 0 Å². The van der Waals surface area contributed by atoms with Crippen LogP contribution in [0.4, 0.5) is 15.9 Å². The molecule has 204 valence electrons. The summed E-state index contributed by atoms with van der Waals surface area (Å²) in [5, 5.41) is 13.1. The molecule has 2 aromatic carbocycles. The van der Waals surface area contributed by atoms with Crippen LogP contribution >= 0.6 is 0 Å². The van der Waals surface area contributed by atoms with Crippen molar-refractivity contribution in [2.75, 3.05) is 11.1 Å². The number of carbonyl (C=O) groups is 1. The number of nitrogens with one attached hydrogen (secondary N) is 1. The minimum Gasteiger partial charge on any atom is -0.392 e. The molecule has 1 atom stereocenters. The maximum Gasteiger partial charge on any atom is 0.284 e. The molecule has 0 bridgehead atoms. The standard InChI is InChI=1S/C29H28FN7O3/c1-17(38)14-35-15-21(24-26(31)32-16-33-27(24)35)20-11-10-18(13-22(20)30)34-28(39)25-23-9-5-6-12-36(23)37(29(25)40)19-7-3-2-4-8-19/h2-4,7-8,10-11,13,15-17,38H,5-6,9,12,14H2,1H3,(H,34,39)(H2,31,32,33)/t17-/m0/s1. The fraction of sp³-hybridized carbons (Fsp3) is 0.241. The first-order valence-corrected chi connectivity index (χ1v) is 13.1. The van der Waals surface area contributed by atoms with Gasteiger partial charge < -0.3 is 20.7 Å². The van der Waals surface area contributed by atoms with E-state index in [0.717, 1.165) is 12.8 Å². The molecule has 1 amide bonds. The van der Waals surface area contributed by atoms with Gasteiger partial charge in [-0.3, -0.25) is 14.3 Å². The van der Waals surface area contributed by atoms with Crippen LogP contribution < -0.4 is 16.6 Å². The molecule has 1 aliphatic heterocycles. The minimum absolute atomic E-state index is 0.0687. The lowest BCUT2D eigenvalue weighted by Crippen LogP contribution is -2.25. The lowest BCUT2D eigenvalue weighted by atomic mass is 10.0. The SMILES string of the molecule is C[C@H](O)Cn1cc(-c2ccc(NC(=O)c3c4n(n(-c5ccccc5)c3=O)CCCC4)cc2F)c2c(N)ncnc21. The van der Waals surface area contributed by atoms with Gasteiger partial charge in [-0.1, -0.05) is 18.2 Å². The van der Waals surface area contributed by atoms with Crippen molar-refractivity contribution in [2.45, 2.75) is 45.4 Å². The number of anilines is 2. The number of halogens is 1. The second-order valence-corrected chi connectivity index (χ2v) is 10.0. The van der Waals surface area contributed by atoms with Gasteiger partial charge in [-0.25, -0.2) is 19.0 Å². The largest absolute Gasteiger partial charge is 0.392 e. The third-order valence-corrected chi connectivity index (χ3v) is 7.17. The summed E-state index contributed by atoms with van der Waals surface area (Å²) < 4.78 is 20.7. The van der Waals surface area contributed by atoms with Gasteiger partial charge in [0.15, 0.2) is 0 Å². The summed E-state index contributed by atoms with van der Waals surface area (Å²) in [6, 6.07) is 13.5. The monoisotopic (exact) mass is 541 g/mol. The molecule has 5 aromatic rings. The second-order valence-electron chi connectivity index (χ2n) is 10.0. The number of benzene rings is 2. The Morgan fingerprint density at radius 1 is 1.15 bits per heavy atom. The maximum atomic E-state index is 15.5. The van der Waals surface area contributed by atoms with Gasteiger partial charge in [0.2, 0.25) is 0 Å². The molecule has 11 heteroatoms. The van der Waals surface area contributed by atoms with E-state index in [2.05, 4.69) is 15.3 Å². The normalized spacial score (nSPS) is 13.8. The summed E-state index contributed by atoms with van der Waals surface area (Å²) in [6.07, 6.45) is 4.72. The molecule has 0 saturated carbocycles. The van der Waals surface area contributed by atoms with Gasteiger partial charge in [-0.2, -0.15) is 0 Å². The van der Waals surface area contributed by atoms with Crippen LogP contribution in [0.5, 0.6) is 0 Å². The van der Waals surface area contributed by atoms with Crippen LogP contribution in [0, 0.1) is 5.82 Å². The van der Waals surface area contributed by atoms with Crippen molar-refractivity contribution in [3.05, 3.63) is 88.5 Å². The number of aliphatic hydroxyl groups excluding tert-OH is 1. The molecule has 1 aliphatic rings. The van der Waals surface area contributed by atoms with E-state index >= 15 is 4.39 Å². The first kappa shape index (κ1) is 25.5. The van der Waals surface area contributed by atoms with Crippen LogP contribution in [0.1, 0.15) is 35.8 Å². The van der Waals surface area contributed by atoms with E-state index in [4.69, 9.17) is 5.73 Å². The summed E-state index contributed by atoms with van der Waals surface area (Å²) in [5.41, 5.74) is 8.55. The average molecular weight is 542 g/mol. The third kappa shape index (κ3) is 4.34. The molecular formula is C29H28FN7O3. The number of aromatic nitrogens is 5. The Labute approximate surface area is 228 Å². The van der Waals surface area contributed by atoms with E-state index in [-0.39, 0.29) is 29.2 Å². The highest BCUT2D eigenvalue weighted by atomic mass is 19.1. The number of nitrogens with zero attached hydrogens (tertiary/aromatic N) is 5. The summed E-state index contributed by atoms with van der Waals surface area (Å²) >= 11 is 0.